The van der Waals surface area contributed by atoms with Crippen molar-refractivity contribution < 1.29 is 14.3 Å². The molecule has 156 valence electrons. The van der Waals surface area contributed by atoms with Crippen LogP contribution in [0.2, 0.25) is 0 Å². The highest BCUT2D eigenvalue weighted by atomic mass is 16.5. The van der Waals surface area contributed by atoms with E-state index >= 15 is 0 Å². The monoisotopic (exact) mass is 397 g/mol. The van der Waals surface area contributed by atoms with Crippen LogP contribution in [0.4, 0.5) is 5.69 Å². The molecule has 0 aliphatic heterocycles. The topological polar surface area (TPSA) is 70.7 Å². The Labute approximate surface area is 173 Å². The van der Waals surface area contributed by atoms with E-state index in [4.69, 9.17) is 4.74 Å². The van der Waals surface area contributed by atoms with Gasteiger partial charge in [-0.2, -0.15) is 0 Å². The molecular weight excluding hydrogens is 366 g/mol. The quantitative estimate of drug-likeness (QED) is 0.645. The Morgan fingerprint density at radius 2 is 1.83 bits per heavy atom. The van der Waals surface area contributed by atoms with Crippen LogP contribution in [0.15, 0.2) is 48.5 Å². The fourth-order valence-electron chi connectivity index (χ4n) is 2.88. The maximum Gasteiger partial charge on any atom is 0.258 e. The van der Waals surface area contributed by atoms with Crippen molar-refractivity contribution in [1.29, 1.82) is 0 Å². The second kappa shape index (κ2) is 11.2. The number of para-hydroxylation sites is 1. The summed E-state index contributed by atoms with van der Waals surface area (Å²) in [5, 5.41) is 5.71. The van der Waals surface area contributed by atoms with E-state index in [0.29, 0.717) is 24.7 Å². The van der Waals surface area contributed by atoms with Gasteiger partial charge in [-0.15, -0.1) is 0 Å². The highest BCUT2D eigenvalue weighted by molar-refractivity contribution is 5.92. The molecule has 0 heterocycles. The van der Waals surface area contributed by atoms with Gasteiger partial charge in [-0.05, 0) is 55.8 Å². The first-order valence-corrected chi connectivity index (χ1v) is 9.91. The number of nitrogens with zero attached hydrogens (tertiary/aromatic N) is 1. The average molecular weight is 398 g/mol. The maximum atomic E-state index is 12.2. The Bertz CT molecular complexity index is 821. The van der Waals surface area contributed by atoms with Gasteiger partial charge in [0.15, 0.2) is 6.61 Å². The van der Waals surface area contributed by atoms with Gasteiger partial charge in [0.25, 0.3) is 5.91 Å². The molecule has 2 aromatic carbocycles. The molecule has 6 heteroatoms. The Balaban J connectivity index is 1.86. The molecule has 2 rings (SSSR count). The van der Waals surface area contributed by atoms with Gasteiger partial charge >= 0.3 is 0 Å². The molecule has 2 aromatic rings. The van der Waals surface area contributed by atoms with Crippen LogP contribution in [-0.2, 0) is 16.1 Å². The van der Waals surface area contributed by atoms with Crippen molar-refractivity contribution in [2.24, 2.45) is 0 Å². The van der Waals surface area contributed by atoms with Crippen molar-refractivity contribution in [3.63, 3.8) is 0 Å². The summed E-state index contributed by atoms with van der Waals surface area (Å²) in [6, 6.07) is 15.3. The Morgan fingerprint density at radius 1 is 1.07 bits per heavy atom. The summed E-state index contributed by atoms with van der Waals surface area (Å²) in [6.07, 6.45) is 1.01. The van der Waals surface area contributed by atoms with Crippen molar-refractivity contribution in [1.82, 2.24) is 10.2 Å². The summed E-state index contributed by atoms with van der Waals surface area (Å²) < 4.78 is 5.75. The van der Waals surface area contributed by atoms with E-state index in [2.05, 4.69) is 24.5 Å². The lowest BCUT2D eigenvalue weighted by Gasteiger charge is -2.15. The number of amides is 2. The molecule has 0 aliphatic carbocycles. The number of hydrogen-bond acceptors (Lipinski definition) is 4. The van der Waals surface area contributed by atoms with Crippen LogP contribution in [0.5, 0.6) is 5.75 Å². The molecule has 0 radical (unpaired) electrons. The zero-order chi connectivity index (χ0) is 21.2. The van der Waals surface area contributed by atoms with E-state index in [1.165, 1.54) is 0 Å². The number of rotatable bonds is 10. The van der Waals surface area contributed by atoms with Crippen LogP contribution < -0.4 is 15.4 Å². The third-order valence-electron chi connectivity index (χ3n) is 4.58. The predicted molar refractivity (Wildman–Crippen MR) is 116 cm³/mol. The lowest BCUT2D eigenvalue weighted by atomic mass is 9.98. The van der Waals surface area contributed by atoms with Crippen LogP contribution in [0, 0.1) is 0 Å². The van der Waals surface area contributed by atoms with E-state index in [0.717, 1.165) is 23.3 Å². The zero-order valence-corrected chi connectivity index (χ0v) is 17.7. The normalized spacial score (nSPS) is 11.8. The maximum absolute atomic E-state index is 12.2. The number of carbonyl (C=O) groups excluding carboxylic acids is 2. The standard InChI is InChI=1S/C23H31N3O3/c1-5-17(2)20-11-6-7-12-21(20)29-16-23(28)24-14-18-9-8-10-19(13-18)25-22(27)15-26(3)4/h6-13,17H,5,14-16H2,1-4H3,(H,24,28)(H,25,27). The molecule has 0 bridgehead atoms. The fourth-order valence-corrected chi connectivity index (χ4v) is 2.88. The summed E-state index contributed by atoms with van der Waals surface area (Å²) in [5.41, 5.74) is 2.73. The van der Waals surface area contributed by atoms with Crippen LogP contribution in [0.1, 0.15) is 37.3 Å². The van der Waals surface area contributed by atoms with Crippen molar-refractivity contribution in [3.05, 3.63) is 59.7 Å². The lowest BCUT2D eigenvalue weighted by Crippen LogP contribution is -2.29. The third-order valence-corrected chi connectivity index (χ3v) is 4.58. The number of hydrogen-bond donors (Lipinski definition) is 2. The summed E-state index contributed by atoms with van der Waals surface area (Å²) in [5.74, 6) is 0.859. The summed E-state index contributed by atoms with van der Waals surface area (Å²) in [7, 11) is 3.68. The molecule has 0 fully saturated rings. The molecule has 0 saturated carbocycles. The summed E-state index contributed by atoms with van der Waals surface area (Å²) in [4.78, 5) is 25.9. The minimum absolute atomic E-state index is 0.0350. The SMILES string of the molecule is CCC(C)c1ccccc1OCC(=O)NCc1cccc(NC(=O)CN(C)C)c1. The lowest BCUT2D eigenvalue weighted by molar-refractivity contribution is -0.123. The first-order chi connectivity index (χ1) is 13.9. The molecule has 6 nitrogen and oxygen atoms in total. The largest absolute Gasteiger partial charge is 0.483 e. The van der Waals surface area contributed by atoms with E-state index in [1.807, 2.05) is 62.6 Å². The first kappa shape index (κ1) is 22.4. The molecule has 0 spiro atoms. The predicted octanol–water partition coefficient (Wildman–Crippen LogP) is 3.40. The third kappa shape index (κ3) is 7.58. The van der Waals surface area contributed by atoms with Crippen molar-refractivity contribution in [3.8, 4) is 5.75 Å². The zero-order valence-electron chi connectivity index (χ0n) is 17.7. The molecule has 1 atom stereocenters. The van der Waals surface area contributed by atoms with E-state index in [9.17, 15) is 9.59 Å². The van der Waals surface area contributed by atoms with Gasteiger partial charge in [0, 0.05) is 12.2 Å². The Kier molecular flexibility index (Phi) is 8.68. The minimum atomic E-state index is -0.189. The van der Waals surface area contributed by atoms with Gasteiger partial charge in [-0.1, -0.05) is 44.2 Å². The first-order valence-electron chi connectivity index (χ1n) is 9.91. The number of benzene rings is 2. The number of anilines is 1. The molecular formula is C23H31N3O3. The van der Waals surface area contributed by atoms with E-state index in [1.54, 1.807) is 4.90 Å². The molecule has 0 aromatic heterocycles. The molecule has 1 unspecified atom stereocenters. The molecule has 0 aliphatic rings. The van der Waals surface area contributed by atoms with Crippen molar-refractivity contribution in [2.45, 2.75) is 32.7 Å². The minimum Gasteiger partial charge on any atom is -0.483 e. The summed E-state index contributed by atoms with van der Waals surface area (Å²) in [6.45, 7) is 4.92. The highest BCUT2D eigenvalue weighted by Crippen LogP contribution is 2.28. The molecule has 29 heavy (non-hydrogen) atoms. The molecule has 2 amide bonds. The molecule has 0 saturated heterocycles. The highest BCUT2D eigenvalue weighted by Gasteiger charge is 2.11. The summed E-state index contributed by atoms with van der Waals surface area (Å²) >= 11 is 0. The van der Waals surface area contributed by atoms with Gasteiger partial charge in [0.2, 0.25) is 5.91 Å². The van der Waals surface area contributed by atoms with E-state index < -0.39 is 0 Å². The Hall–Kier alpha value is -2.86. The van der Waals surface area contributed by atoms with Gasteiger partial charge in [0.1, 0.15) is 5.75 Å². The van der Waals surface area contributed by atoms with Crippen LogP contribution in [0.3, 0.4) is 0 Å². The second-order valence-electron chi connectivity index (χ2n) is 7.40. The van der Waals surface area contributed by atoms with Gasteiger partial charge in [0.05, 0.1) is 6.54 Å². The van der Waals surface area contributed by atoms with Gasteiger partial charge in [-0.3, -0.25) is 9.59 Å². The van der Waals surface area contributed by atoms with Crippen molar-refractivity contribution in [2.75, 3.05) is 32.6 Å². The van der Waals surface area contributed by atoms with E-state index in [-0.39, 0.29) is 18.4 Å². The van der Waals surface area contributed by atoms with Gasteiger partial charge in [-0.25, -0.2) is 0 Å². The van der Waals surface area contributed by atoms with Crippen LogP contribution in [0.25, 0.3) is 0 Å². The van der Waals surface area contributed by atoms with Gasteiger partial charge < -0.3 is 20.3 Å². The number of likely N-dealkylation sites (N-methyl/N-ethyl adjacent to an activating group) is 1. The molecule has 2 N–H and O–H groups in total. The van der Waals surface area contributed by atoms with Crippen LogP contribution >= 0.6 is 0 Å². The number of ether oxygens (including phenoxy) is 1. The number of nitrogens with one attached hydrogen (secondary N) is 2. The number of carbonyl (C=O) groups is 2. The average Bonchev–Trinajstić information content (AvgIpc) is 2.70. The van der Waals surface area contributed by atoms with Crippen LogP contribution in [-0.4, -0.2) is 44.0 Å². The Morgan fingerprint density at radius 3 is 2.55 bits per heavy atom. The fraction of sp³-hybridized carbons (Fsp3) is 0.391. The smallest absolute Gasteiger partial charge is 0.258 e. The second-order valence-corrected chi connectivity index (χ2v) is 7.40. The van der Waals surface area contributed by atoms with Crippen molar-refractivity contribution >= 4 is 17.5 Å².